The van der Waals surface area contributed by atoms with E-state index in [9.17, 15) is 13.2 Å². The van der Waals surface area contributed by atoms with Gasteiger partial charge in [0.1, 0.15) is 16.8 Å². The first kappa shape index (κ1) is 14.6. The monoisotopic (exact) mass is 333 g/mol. The minimum Gasteiger partial charge on any atom is -0.325 e. The fourth-order valence-corrected chi connectivity index (χ4v) is 3.91. The third kappa shape index (κ3) is 2.97. The number of nitrogens with zero attached hydrogens (tertiary/aromatic N) is 2. The number of amides is 1. The zero-order valence-electron chi connectivity index (χ0n) is 11.3. The highest BCUT2D eigenvalue weighted by molar-refractivity contribution is 7.92. The molecule has 0 fully saturated rings. The Kier molecular flexibility index (Phi) is 3.86. The Balaban J connectivity index is 1.85. The molecule has 1 N–H and O–H groups in total. The van der Waals surface area contributed by atoms with Crippen molar-refractivity contribution in [3.05, 3.63) is 48.5 Å². The molecule has 22 heavy (non-hydrogen) atoms. The molecule has 3 aromatic rings. The second-order valence-corrected chi connectivity index (χ2v) is 7.05. The molecule has 112 valence electrons. The van der Waals surface area contributed by atoms with Gasteiger partial charge in [-0.3, -0.25) is 4.79 Å². The summed E-state index contributed by atoms with van der Waals surface area (Å²) in [4.78, 5) is 12.0. The SMILES string of the molecule is O=C(CS(=O)(=O)c1cccc2nsnc12)Nc1ccccc1. The van der Waals surface area contributed by atoms with E-state index in [1.807, 2.05) is 6.07 Å². The summed E-state index contributed by atoms with van der Waals surface area (Å²) in [6.07, 6.45) is 0. The molecule has 6 nitrogen and oxygen atoms in total. The first-order chi connectivity index (χ1) is 10.6. The van der Waals surface area contributed by atoms with Crippen LogP contribution in [-0.4, -0.2) is 28.8 Å². The number of anilines is 1. The van der Waals surface area contributed by atoms with Gasteiger partial charge in [-0.2, -0.15) is 8.75 Å². The van der Waals surface area contributed by atoms with Crippen LogP contribution in [-0.2, 0) is 14.6 Å². The summed E-state index contributed by atoms with van der Waals surface area (Å²) in [6, 6.07) is 13.4. The molecular weight excluding hydrogens is 322 g/mol. The van der Waals surface area contributed by atoms with Crippen LogP contribution in [0.25, 0.3) is 11.0 Å². The summed E-state index contributed by atoms with van der Waals surface area (Å²) in [5.74, 6) is -1.23. The first-order valence-corrected chi connectivity index (χ1v) is 8.73. The number of para-hydroxylation sites is 1. The molecule has 0 aliphatic rings. The number of fused-ring (bicyclic) bond motifs is 1. The van der Waals surface area contributed by atoms with E-state index in [-0.39, 0.29) is 4.90 Å². The Morgan fingerprint density at radius 2 is 1.82 bits per heavy atom. The van der Waals surface area contributed by atoms with Crippen LogP contribution in [0.4, 0.5) is 5.69 Å². The Bertz CT molecular complexity index is 921. The minimum absolute atomic E-state index is 0.0296. The van der Waals surface area contributed by atoms with Crippen molar-refractivity contribution in [2.45, 2.75) is 4.90 Å². The largest absolute Gasteiger partial charge is 0.325 e. The van der Waals surface area contributed by atoms with Crippen LogP contribution >= 0.6 is 11.7 Å². The number of hydrogen-bond acceptors (Lipinski definition) is 6. The van der Waals surface area contributed by atoms with Gasteiger partial charge in [-0.1, -0.05) is 24.3 Å². The highest BCUT2D eigenvalue weighted by Crippen LogP contribution is 2.22. The molecule has 1 heterocycles. The van der Waals surface area contributed by atoms with Gasteiger partial charge in [-0.25, -0.2) is 8.42 Å². The van der Waals surface area contributed by atoms with Gasteiger partial charge in [0, 0.05) is 5.69 Å². The lowest BCUT2D eigenvalue weighted by Crippen LogP contribution is -2.23. The Labute approximate surface area is 131 Å². The second-order valence-electron chi connectivity index (χ2n) is 4.56. The molecule has 0 atom stereocenters. The highest BCUT2D eigenvalue weighted by atomic mass is 32.2. The lowest BCUT2D eigenvalue weighted by molar-refractivity contribution is -0.113. The van der Waals surface area contributed by atoms with E-state index in [4.69, 9.17) is 0 Å². The molecule has 0 bridgehead atoms. The van der Waals surface area contributed by atoms with Crippen molar-refractivity contribution in [1.29, 1.82) is 0 Å². The molecule has 0 unspecified atom stereocenters. The van der Waals surface area contributed by atoms with E-state index in [0.717, 1.165) is 11.7 Å². The summed E-state index contributed by atoms with van der Waals surface area (Å²) in [5.41, 5.74) is 1.37. The minimum atomic E-state index is -3.78. The number of rotatable bonds is 4. The van der Waals surface area contributed by atoms with Crippen molar-refractivity contribution < 1.29 is 13.2 Å². The van der Waals surface area contributed by atoms with Crippen LogP contribution in [0.15, 0.2) is 53.4 Å². The Hall–Kier alpha value is -2.32. The standard InChI is InChI=1S/C14H11N3O3S2/c18-13(15-10-5-2-1-3-6-10)9-22(19,20)12-8-4-7-11-14(12)17-21-16-11/h1-8H,9H2,(H,15,18). The average molecular weight is 333 g/mol. The number of carbonyl (C=O) groups excluding carboxylic acids is 1. The van der Waals surface area contributed by atoms with E-state index in [1.165, 1.54) is 6.07 Å². The molecule has 3 rings (SSSR count). The lowest BCUT2D eigenvalue weighted by atomic mass is 10.3. The summed E-state index contributed by atoms with van der Waals surface area (Å²) in [6.45, 7) is 0. The first-order valence-electron chi connectivity index (χ1n) is 6.35. The quantitative estimate of drug-likeness (QED) is 0.790. The smallest absolute Gasteiger partial charge is 0.239 e. The van der Waals surface area contributed by atoms with Crippen LogP contribution < -0.4 is 5.32 Å². The fraction of sp³-hybridized carbons (Fsp3) is 0.0714. The molecule has 1 aromatic heterocycles. The maximum atomic E-state index is 12.4. The maximum Gasteiger partial charge on any atom is 0.239 e. The molecule has 2 aromatic carbocycles. The van der Waals surface area contributed by atoms with E-state index < -0.39 is 21.5 Å². The molecule has 0 aliphatic heterocycles. The predicted molar refractivity (Wildman–Crippen MR) is 84.5 cm³/mol. The molecular formula is C14H11N3O3S2. The van der Waals surface area contributed by atoms with Gasteiger partial charge in [-0.15, -0.1) is 0 Å². The fourth-order valence-electron chi connectivity index (χ4n) is 2.00. The molecule has 0 aliphatic carbocycles. The van der Waals surface area contributed by atoms with Gasteiger partial charge >= 0.3 is 0 Å². The van der Waals surface area contributed by atoms with E-state index >= 15 is 0 Å². The van der Waals surface area contributed by atoms with Gasteiger partial charge in [0.05, 0.1) is 16.6 Å². The van der Waals surface area contributed by atoms with Crippen LogP contribution in [0, 0.1) is 0 Å². The number of aromatic nitrogens is 2. The third-order valence-electron chi connectivity index (χ3n) is 2.96. The summed E-state index contributed by atoms with van der Waals surface area (Å²) >= 11 is 0.940. The number of hydrogen-bond donors (Lipinski definition) is 1. The number of sulfone groups is 1. The van der Waals surface area contributed by atoms with E-state index in [1.54, 1.807) is 36.4 Å². The van der Waals surface area contributed by atoms with Crippen molar-refractivity contribution >= 4 is 44.2 Å². The predicted octanol–water partition coefficient (Wildman–Crippen LogP) is 2.10. The average Bonchev–Trinajstić information content (AvgIpc) is 2.95. The molecule has 0 radical (unpaired) electrons. The third-order valence-corrected chi connectivity index (χ3v) is 5.15. The van der Waals surface area contributed by atoms with Gasteiger partial charge in [0.2, 0.25) is 5.91 Å². The lowest BCUT2D eigenvalue weighted by Gasteiger charge is -2.06. The van der Waals surface area contributed by atoms with Crippen molar-refractivity contribution in [3.63, 3.8) is 0 Å². The zero-order valence-corrected chi connectivity index (χ0v) is 12.9. The van der Waals surface area contributed by atoms with Crippen molar-refractivity contribution in [3.8, 4) is 0 Å². The van der Waals surface area contributed by atoms with Crippen molar-refractivity contribution in [1.82, 2.24) is 8.75 Å². The molecule has 1 amide bonds. The van der Waals surface area contributed by atoms with Gasteiger partial charge in [-0.05, 0) is 24.3 Å². The van der Waals surface area contributed by atoms with Crippen molar-refractivity contribution in [2.75, 3.05) is 11.1 Å². The highest BCUT2D eigenvalue weighted by Gasteiger charge is 2.23. The van der Waals surface area contributed by atoms with Crippen LogP contribution in [0.5, 0.6) is 0 Å². The topological polar surface area (TPSA) is 89.0 Å². The second kappa shape index (κ2) is 5.82. The van der Waals surface area contributed by atoms with Gasteiger partial charge < -0.3 is 5.32 Å². The zero-order chi connectivity index (χ0) is 15.6. The van der Waals surface area contributed by atoms with Gasteiger partial charge in [0.25, 0.3) is 0 Å². The van der Waals surface area contributed by atoms with Gasteiger partial charge in [0.15, 0.2) is 9.84 Å². The van der Waals surface area contributed by atoms with Crippen LogP contribution in [0.2, 0.25) is 0 Å². The molecule has 0 saturated carbocycles. The number of nitrogens with one attached hydrogen (secondary N) is 1. The summed E-state index contributed by atoms with van der Waals surface area (Å²) in [7, 11) is -3.78. The van der Waals surface area contributed by atoms with Crippen LogP contribution in [0.1, 0.15) is 0 Å². The molecule has 0 spiro atoms. The summed E-state index contributed by atoms with van der Waals surface area (Å²) < 4.78 is 32.8. The molecule has 8 heteroatoms. The Morgan fingerprint density at radius 1 is 1.05 bits per heavy atom. The van der Waals surface area contributed by atoms with Crippen LogP contribution in [0.3, 0.4) is 0 Å². The van der Waals surface area contributed by atoms with Crippen molar-refractivity contribution in [2.24, 2.45) is 0 Å². The number of benzene rings is 2. The van der Waals surface area contributed by atoms with E-state index in [2.05, 4.69) is 14.1 Å². The Morgan fingerprint density at radius 3 is 2.59 bits per heavy atom. The maximum absolute atomic E-state index is 12.4. The molecule has 0 saturated heterocycles. The summed E-state index contributed by atoms with van der Waals surface area (Å²) in [5, 5.41) is 2.56. The van der Waals surface area contributed by atoms with E-state index in [0.29, 0.717) is 16.7 Å². The number of carbonyl (C=O) groups is 1. The normalized spacial score (nSPS) is 11.5.